The molecular weight excluding hydrogens is 414 g/mol. The summed E-state index contributed by atoms with van der Waals surface area (Å²) < 4.78 is 29.9. The number of hydrogen-bond donors (Lipinski definition) is 1. The molecule has 3 rings (SSSR count). The normalized spacial score (nSPS) is 11.4. The van der Waals surface area contributed by atoms with Crippen LogP contribution in [0.4, 0.5) is 5.69 Å². The Balaban J connectivity index is 1.56. The number of hydrogen-bond acceptors (Lipinski definition) is 6. The van der Waals surface area contributed by atoms with Crippen molar-refractivity contribution < 1.29 is 17.7 Å². The van der Waals surface area contributed by atoms with Gasteiger partial charge in [-0.05, 0) is 61.4 Å². The Labute approximate surface area is 174 Å². The Morgan fingerprint density at radius 2 is 1.83 bits per heavy atom. The summed E-state index contributed by atoms with van der Waals surface area (Å²) >= 11 is 5.78. The summed E-state index contributed by atoms with van der Waals surface area (Å²) in [5, 5.41) is 6.97. The number of nitrogens with zero attached hydrogens (tertiary/aromatic N) is 2. The molecule has 0 atom stereocenters. The molecule has 0 aliphatic rings. The van der Waals surface area contributed by atoms with Crippen LogP contribution in [0.1, 0.15) is 29.3 Å². The molecule has 9 heteroatoms. The van der Waals surface area contributed by atoms with Crippen molar-refractivity contribution >= 4 is 33.0 Å². The Morgan fingerprint density at radius 1 is 1.10 bits per heavy atom. The van der Waals surface area contributed by atoms with Crippen LogP contribution in [-0.2, 0) is 26.8 Å². The summed E-state index contributed by atoms with van der Waals surface area (Å²) in [5.74, 6) is -0.333. The number of carbonyl (C=O) groups is 1. The highest BCUT2D eigenvalue weighted by Gasteiger charge is 2.19. The highest BCUT2D eigenvalue weighted by atomic mass is 35.5. The van der Waals surface area contributed by atoms with Crippen LogP contribution in [0.5, 0.6) is 0 Å². The first-order valence-electron chi connectivity index (χ1n) is 8.90. The van der Waals surface area contributed by atoms with Gasteiger partial charge in [-0.15, -0.1) is 0 Å². The summed E-state index contributed by atoms with van der Waals surface area (Å²) in [6.45, 7) is 3.98. The molecule has 152 valence electrons. The number of anilines is 1. The zero-order valence-electron chi connectivity index (χ0n) is 16.0. The number of halogens is 1. The van der Waals surface area contributed by atoms with Gasteiger partial charge < -0.3 is 9.84 Å². The maximum absolute atomic E-state index is 12.4. The van der Waals surface area contributed by atoms with E-state index < -0.39 is 15.6 Å². The van der Waals surface area contributed by atoms with Crippen molar-refractivity contribution in [1.82, 2.24) is 10.1 Å². The van der Waals surface area contributed by atoms with Gasteiger partial charge >= 0.3 is 0 Å². The number of amides is 1. The van der Waals surface area contributed by atoms with Gasteiger partial charge in [-0.2, -0.15) is 4.98 Å². The molecule has 1 N–H and O–H groups in total. The lowest BCUT2D eigenvalue weighted by molar-refractivity contribution is -0.116. The first kappa shape index (κ1) is 21.0. The second kappa shape index (κ2) is 8.75. The number of aryl methyl sites for hydroxylation is 3. The molecule has 0 unspecified atom stereocenters. The van der Waals surface area contributed by atoms with Gasteiger partial charge in [0.2, 0.25) is 11.8 Å². The van der Waals surface area contributed by atoms with Crippen molar-refractivity contribution in [3.63, 3.8) is 0 Å². The van der Waals surface area contributed by atoms with Crippen molar-refractivity contribution in [3.8, 4) is 0 Å². The molecule has 29 heavy (non-hydrogen) atoms. The van der Waals surface area contributed by atoms with Crippen molar-refractivity contribution in [1.29, 1.82) is 0 Å². The summed E-state index contributed by atoms with van der Waals surface area (Å²) in [6, 6.07) is 11.5. The maximum Gasteiger partial charge on any atom is 0.227 e. The molecule has 3 aromatic rings. The van der Waals surface area contributed by atoms with Crippen LogP contribution in [0.2, 0.25) is 5.02 Å². The molecule has 2 aromatic carbocycles. The number of rotatable bonds is 7. The SMILES string of the molecule is Cc1ccc(NC(=O)CCc2nc(CS(=O)(=O)c3ccc(Cl)cc3)no2)cc1C. The van der Waals surface area contributed by atoms with Crippen LogP contribution >= 0.6 is 11.6 Å². The fourth-order valence-corrected chi connectivity index (χ4v) is 3.91. The standard InChI is InChI=1S/C20H20ClN3O4S/c1-13-3-6-16(11-14(13)2)22-19(25)9-10-20-23-18(24-28-20)12-29(26,27)17-7-4-15(21)5-8-17/h3-8,11H,9-10,12H2,1-2H3,(H,22,25). The Bertz CT molecular complexity index is 1120. The third kappa shape index (κ3) is 5.65. The van der Waals surface area contributed by atoms with Gasteiger partial charge in [-0.3, -0.25) is 4.79 Å². The van der Waals surface area contributed by atoms with E-state index in [0.29, 0.717) is 5.02 Å². The minimum Gasteiger partial charge on any atom is -0.339 e. The van der Waals surface area contributed by atoms with E-state index in [0.717, 1.165) is 16.8 Å². The Morgan fingerprint density at radius 3 is 2.52 bits per heavy atom. The first-order chi connectivity index (χ1) is 13.7. The second-order valence-electron chi connectivity index (χ2n) is 6.66. The van der Waals surface area contributed by atoms with Gasteiger partial charge in [-0.25, -0.2) is 8.42 Å². The quantitative estimate of drug-likeness (QED) is 0.606. The number of nitrogens with one attached hydrogen (secondary N) is 1. The Hall–Kier alpha value is -2.71. The molecule has 1 heterocycles. The van der Waals surface area contributed by atoms with E-state index in [1.807, 2.05) is 32.0 Å². The average molecular weight is 434 g/mol. The van der Waals surface area contributed by atoms with E-state index >= 15 is 0 Å². The fourth-order valence-electron chi connectivity index (χ4n) is 2.61. The van der Waals surface area contributed by atoms with Gasteiger partial charge in [0.1, 0.15) is 5.75 Å². The number of benzene rings is 2. The topological polar surface area (TPSA) is 102 Å². The number of carbonyl (C=O) groups excluding carboxylic acids is 1. The van der Waals surface area contributed by atoms with E-state index in [1.54, 1.807) is 0 Å². The zero-order chi connectivity index (χ0) is 21.0. The van der Waals surface area contributed by atoms with Crippen LogP contribution in [0.3, 0.4) is 0 Å². The molecule has 1 amide bonds. The molecule has 0 bridgehead atoms. The van der Waals surface area contributed by atoms with E-state index in [2.05, 4.69) is 15.5 Å². The lowest BCUT2D eigenvalue weighted by Crippen LogP contribution is -2.12. The average Bonchev–Trinajstić information content (AvgIpc) is 3.10. The van der Waals surface area contributed by atoms with Crippen molar-refractivity contribution in [2.75, 3.05) is 5.32 Å². The van der Waals surface area contributed by atoms with Crippen LogP contribution in [0.25, 0.3) is 0 Å². The molecule has 7 nitrogen and oxygen atoms in total. The van der Waals surface area contributed by atoms with Crippen molar-refractivity contribution in [2.45, 2.75) is 37.3 Å². The summed E-state index contributed by atoms with van der Waals surface area (Å²) in [5.41, 5.74) is 2.96. The molecule has 0 saturated carbocycles. The molecule has 0 fully saturated rings. The Kier molecular flexibility index (Phi) is 6.34. The highest BCUT2D eigenvalue weighted by Crippen LogP contribution is 2.18. The molecule has 0 saturated heterocycles. The van der Waals surface area contributed by atoms with Crippen molar-refractivity contribution in [3.05, 3.63) is 70.3 Å². The monoisotopic (exact) mass is 433 g/mol. The molecular formula is C20H20ClN3O4S. The van der Waals surface area contributed by atoms with Gasteiger partial charge in [0, 0.05) is 23.6 Å². The lowest BCUT2D eigenvalue weighted by Gasteiger charge is -2.06. The predicted molar refractivity (Wildman–Crippen MR) is 110 cm³/mol. The molecule has 1 aromatic heterocycles. The van der Waals surface area contributed by atoms with E-state index in [1.165, 1.54) is 24.3 Å². The minimum absolute atomic E-state index is 0.0458. The van der Waals surface area contributed by atoms with Gasteiger partial charge in [0.05, 0.1) is 4.90 Å². The maximum atomic E-state index is 12.4. The van der Waals surface area contributed by atoms with E-state index in [-0.39, 0.29) is 35.4 Å². The lowest BCUT2D eigenvalue weighted by atomic mass is 10.1. The van der Waals surface area contributed by atoms with Gasteiger partial charge in [0.25, 0.3) is 0 Å². The third-order valence-corrected chi connectivity index (χ3v) is 6.24. The van der Waals surface area contributed by atoms with Gasteiger partial charge in [0.15, 0.2) is 15.7 Å². The van der Waals surface area contributed by atoms with Crippen molar-refractivity contribution in [2.24, 2.45) is 0 Å². The van der Waals surface area contributed by atoms with Gasteiger partial charge in [-0.1, -0.05) is 22.8 Å². The molecule has 0 aliphatic heterocycles. The van der Waals surface area contributed by atoms with Crippen LogP contribution in [0.15, 0.2) is 51.9 Å². The summed E-state index contributed by atoms with van der Waals surface area (Å²) in [4.78, 5) is 16.3. The zero-order valence-corrected chi connectivity index (χ0v) is 17.5. The van der Waals surface area contributed by atoms with Crippen LogP contribution < -0.4 is 5.32 Å². The predicted octanol–water partition coefficient (Wildman–Crippen LogP) is 3.89. The van der Waals surface area contributed by atoms with E-state index in [4.69, 9.17) is 16.1 Å². The smallest absolute Gasteiger partial charge is 0.227 e. The number of aromatic nitrogens is 2. The molecule has 0 aliphatic carbocycles. The molecule has 0 spiro atoms. The van der Waals surface area contributed by atoms with Crippen LogP contribution in [0, 0.1) is 13.8 Å². The summed E-state index contributed by atoms with van der Waals surface area (Å²) in [7, 11) is -3.62. The fraction of sp³-hybridized carbons (Fsp3) is 0.250. The highest BCUT2D eigenvalue weighted by molar-refractivity contribution is 7.90. The minimum atomic E-state index is -3.62. The third-order valence-electron chi connectivity index (χ3n) is 4.36. The second-order valence-corrected chi connectivity index (χ2v) is 9.09. The summed E-state index contributed by atoms with van der Waals surface area (Å²) in [6.07, 6.45) is 0.350. The molecule has 0 radical (unpaired) electrons. The first-order valence-corrected chi connectivity index (χ1v) is 10.9. The largest absolute Gasteiger partial charge is 0.339 e. The van der Waals surface area contributed by atoms with Crippen LogP contribution in [-0.4, -0.2) is 24.5 Å². The number of sulfone groups is 1. The van der Waals surface area contributed by atoms with E-state index in [9.17, 15) is 13.2 Å².